The third kappa shape index (κ3) is 2.44. The summed E-state index contributed by atoms with van der Waals surface area (Å²) in [5.74, 6) is 2.75. The first-order chi connectivity index (χ1) is 6.92. The molecule has 0 radical (unpaired) electrons. The molecule has 2 rings (SSSR count). The largest absolute Gasteiger partial charge is 0.317 e. The maximum absolute atomic E-state index is 3.45. The first-order valence-electron chi connectivity index (χ1n) is 5.96. The van der Waals surface area contributed by atoms with Crippen molar-refractivity contribution in [2.45, 2.75) is 38.3 Å². The Bertz CT molecular complexity index is 163. The Kier molecular flexibility index (Phi) is 4.14. The first-order valence-corrected chi connectivity index (χ1v) is 7.11. The van der Waals surface area contributed by atoms with Gasteiger partial charge >= 0.3 is 0 Å². The van der Waals surface area contributed by atoms with Gasteiger partial charge in [0.05, 0.1) is 0 Å². The molecule has 0 aromatic heterocycles. The van der Waals surface area contributed by atoms with E-state index in [9.17, 15) is 0 Å². The molecule has 2 aliphatic rings. The Balaban J connectivity index is 1.89. The Labute approximate surface area is 91.8 Å². The molecule has 0 amide bonds. The third-order valence-corrected chi connectivity index (χ3v) is 4.66. The van der Waals surface area contributed by atoms with Gasteiger partial charge in [-0.25, -0.2) is 0 Å². The monoisotopic (exact) mass is 214 g/mol. The first kappa shape index (κ1) is 10.8. The fourth-order valence-corrected chi connectivity index (χ4v) is 3.97. The van der Waals surface area contributed by atoms with Crippen LogP contribution >= 0.6 is 11.8 Å². The van der Waals surface area contributed by atoms with Gasteiger partial charge in [-0.2, -0.15) is 11.8 Å². The molecule has 2 nitrogen and oxygen atoms in total. The summed E-state index contributed by atoms with van der Waals surface area (Å²) >= 11 is 2.13. The molecular formula is C11H22N2S. The number of nitrogens with one attached hydrogen (secondary N) is 1. The van der Waals surface area contributed by atoms with Gasteiger partial charge in [-0.3, -0.25) is 4.90 Å². The molecule has 1 N–H and O–H groups in total. The van der Waals surface area contributed by atoms with Gasteiger partial charge in [0.2, 0.25) is 0 Å². The highest BCUT2D eigenvalue weighted by atomic mass is 32.2. The van der Waals surface area contributed by atoms with Gasteiger partial charge in [0.25, 0.3) is 0 Å². The Morgan fingerprint density at radius 3 is 2.57 bits per heavy atom. The molecule has 0 spiro atoms. The van der Waals surface area contributed by atoms with E-state index in [-0.39, 0.29) is 0 Å². The summed E-state index contributed by atoms with van der Waals surface area (Å²) in [7, 11) is 0. The lowest BCUT2D eigenvalue weighted by atomic mass is 10.0. The van der Waals surface area contributed by atoms with Crippen LogP contribution < -0.4 is 5.32 Å². The minimum absolute atomic E-state index is 0.866. The maximum Gasteiger partial charge on any atom is 0.0197 e. The van der Waals surface area contributed by atoms with Crippen LogP contribution in [0.2, 0.25) is 0 Å². The summed E-state index contributed by atoms with van der Waals surface area (Å²) in [5.41, 5.74) is 0. The molecule has 0 aromatic carbocycles. The van der Waals surface area contributed by atoms with Gasteiger partial charge in [-0.05, 0) is 44.6 Å². The minimum Gasteiger partial charge on any atom is -0.317 e. The molecule has 0 aliphatic carbocycles. The second-order valence-electron chi connectivity index (χ2n) is 4.33. The summed E-state index contributed by atoms with van der Waals surface area (Å²) < 4.78 is 0. The van der Waals surface area contributed by atoms with Crippen LogP contribution in [0.3, 0.4) is 0 Å². The number of piperidine rings is 1. The number of rotatable bonds is 3. The van der Waals surface area contributed by atoms with Crippen LogP contribution in [-0.2, 0) is 0 Å². The molecule has 2 saturated heterocycles. The predicted octanol–water partition coefficient (Wildman–Crippen LogP) is 1.57. The lowest BCUT2D eigenvalue weighted by molar-refractivity contribution is 0.127. The van der Waals surface area contributed by atoms with Crippen LogP contribution in [0.25, 0.3) is 0 Å². The minimum atomic E-state index is 0.866. The van der Waals surface area contributed by atoms with Crippen LogP contribution in [-0.4, -0.2) is 48.1 Å². The molecule has 0 bridgehead atoms. The molecule has 3 heteroatoms. The molecule has 2 aliphatic heterocycles. The van der Waals surface area contributed by atoms with Crippen molar-refractivity contribution in [2.75, 3.05) is 31.1 Å². The topological polar surface area (TPSA) is 15.3 Å². The van der Waals surface area contributed by atoms with Crippen LogP contribution in [0.15, 0.2) is 0 Å². The Hall–Kier alpha value is 0.270. The van der Waals surface area contributed by atoms with Gasteiger partial charge in [0.1, 0.15) is 0 Å². The van der Waals surface area contributed by atoms with Crippen molar-refractivity contribution in [1.82, 2.24) is 10.2 Å². The zero-order chi connectivity index (χ0) is 9.80. The Morgan fingerprint density at radius 2 is 2.00 bits per heavy atom. The van der Waals surface area contributed by atoms with Crippen molar-refractivity contribution in [2.24, 2.45) is 0 Å². The summed E-state index contributed by atoms with van der Waals surface area (Å²) in [5, 5.41) is 3.45. The predicted molar refractivity (Wildman–Crippen MR) is 64.0 cm³/mol. The van der Waals surface area contributed by atoms with Crippen molar-refractivity contribution < 1.29 is 0 Å². The normalized spacial score (nSPS) is 30.0. The molecule has 82 valence electrons. The quantitative estimate of drug-likeness (QED) is 0.768. The molecule has 2 heterocycles. The van der Waals surface area contributed by atoms with Gasteiger partial charge in [0, 0.05) is 17.8 Å². The summed E-state index contributed by atoms with van der Waals surface area (Å²) in [6, 6.07) is 1.75. The van der Waals surface area contributed by atoms with Crippen molar-refractivity contribution >= 4 is 11.8 Å². The molecule has 0 aromatic rings. The SMILES string of the molecule is CCN(C1CCNCC1)[C@H]1CCSC1. The second-order valence-corrected chi connectivity index (χ2v) is 5.48. The standard InChI is InChI=1S/C11H22N2S/c1-2-13(11-5-8-14-9-11)10-3-6-12-7-4-10/h10-12H,2-9H2,1H3/t11-/m0/s1. The lowest BCUT2D eigenvalue weighted by Gasteiger charge is -2.37. The van der Waals surface area contributed by atoms with E-state index in [2.05, 4.69) is 28.9 Å². The van der Waals surface area contributed by atoms with Crippen molar-refractivity contribution in [1.29, 1.82) is 0 Å². The van der Waals surface area contributed by atoms with E-state index in [1.807, 2.05) is 0 Å². The van der Waals surface area contributed by atoms with Gasteiger partial charge in [-0.1, -0.05) is 6.92 Å². The molecule has 14 heavy (non-hydrogen) atoms. The van der Waals surface area contributed by atoms with E-state index in [0.29, 0.717) is 0 Å². The Morgan fingerprint density at radius 1 is 1.21 bits per heavy atom. The summed E-state index contributed by atoms with van der Waals surface area (Å²) in [4.78, 5) is 2.76. The highest BCUT2D eigenvalue weighted by Gasteiger charge is 2.28. The second kappa shape index (κ2) is 5.38. The zero-order valence-corrected chi connectivity index (χ0v) is 9.98. The van der Waals surface area contributed by atoms with Gasteiger partial charge in [0.15, 0.2) is 0 Å². The van der Waals surface area contributed by atoms with Gasteiger partial charge in [-0.15, -0.1) is 0 Å². The average molecular weight is 214 g/mol. The highest BCUT2D eigenvalue weighted by Crippen LogP contribution is 2.26. The number of hydrogen-bond acceptors (Lipinski definition) is 3. The molecule has 2 fully saturated rings. The van der Waals surface area contributed by atoms with Crippen molar-refractivity contribution in [3.8, 4) is 0 Å². The highest BCUT2D eigenvalue weighted by molar-refractivity contribution is 7.99. The zero-order valence-electron chi connectivity index (χ0n) is 9.17. The number of thioether (sulfide) groups is 1. The number of hydrogen-bond donors (Lipinski definition) is 1. The van der Waals surface area contributed by atoms with Crippen LogP contribution in [0.1, 0.15) is 26.2 Å². The molecule has 0 unspecified atom stereocenters. The van der Waals surface area contributed by atoms with E-state index in [0.717, 1.165) is 12.1 Å². The van der Waals surface area contributed by atoms with E-state index < -0.39 is 0 Å². The fourth-order valence-electron chi connectivity index (χ4n) is 2.74. The average Bonchev–Trinajstić information content (AvgIpc) is 2.74. The molecule has 0 saturated carbocycles. The smallest absolute Gasteiger partial charge is 0.0197 e. The van der Waals surface area contributed by atoms with E-state index in [1.165, 1.54) is 50.4 Å². The van der Waals surface area contributed by atoms with E-state index in [4.69, 9.17) is 0 Å². The maximum atomic E-state index is 3.45. The number of nitrogens with zero attached hydrogens (tertiary/aromatic N) is 1. The molecule has 1 atom stereocenters. The van der Waals surface area contributed by atoms with Crippen molar-refractivity contribution in [3.63, 3.8) is 0 Å². The van der Waals surface area contributed by atoms with E-state index >= 15 is 0 Å². The summed E-state index contributed by atoms with van der Waals surface area (Å²) in [6.07, 6.45) is 4.13. The third-order valence-electron chi connectivity index (χ3n) is 3.52. The van der Waals surface area contributed by atoms with Crippen LogP contribution in [0.5, 0.6) is 0 Å². The summed E-state index contributed by atoms with van der Waals surface area (Å²) in [6.45, 7) is 6.02. The van der Waals surface area contributed by atoms with E-state index in [1.54, 1.807) is 0 Å². The van der Waals surface area contributed by atoms with Gasteiger partial charge < -0.3 is 5.32 Å². The lowest BCUT2D eigenvalue weighted by Crippen LogP contribution is -2.48. The molecular weight excluding hydrogens is 192 g/mol. The van der Waals surface area contributed by atoms with Crippen molar-refractivity contribution in [3.05, 3.63) is 0 Å². The van der Waals surface area contributed by atoms with Crippen LogP contribution in [0.4, 0.5) is 0 Å². The van der Waals surface area contributed by atoms with Crippen LogP contribution in [0, 0.1) is 0 Å². The fraction of sp³-hybridized carbons (Fsp3) is 1.00.